The molecule has 0 saturated carbocycles. The van der Waals surface area contributed by atoms with Crippen molar-refractivity contribution in [3.8, 4) is 0 Å². The quantitative estimate of drug-likeness (QED) is 0.329. The standard InChI is InChI=1S/C15H24N4O2S.HI/c1-4-13-18-12(10-22-13)9-17-15(16-2)19-7-5-11(6-8-19)14(20)21-3;/h10-11H,4-9H2,1-3H3,(H,16,17);1H. The highest BCUT2D eigenvalue weighted by Crippen LogP contribution is 2.18. The third-order valence-corrected chi connectivity index (χ3v) is 4.91. The Morgan fingerprint density at radius 1 is 1.52 bits per heavy atom. The lowest BCUT2D eigenvalue weighted by Gasteiger charge is -2.33. The summed E-state index contributed by atoms with van der Waals surface area (Å²) in [4.78, 5) is 22.6. The van der Waals surface area contributed by atoms with Crippen molar-refractivity contribution in [2.45, 2.75) is 32.7 Å². The minimum atomic E-state index is -0.0998. The smallest absolute Gasteiger partial charge is 0.308 e. The molecule has 0 atom stereocenters. The predicted molar refractivity (Wildman–Crippen MR) is 103 cm³/mol. The molecule has 0 aromatic carbocycles. The molecule has 1 aromatic heterocycles. The van der Waals surface area contributed by atoms with Gasteiger partial charge in [-0.15, -0.1) is 35.3 Å². The van der Waals surface area contributed by atoms with E-state index in [-0.39, 0.29) is 35.9 Å². The van der Waals surface area contributed by atoms with Gasteiger partial charge in [-0.2, -0.15) is 0 Å². The van der Waals surface area contributed by atoms with E-state index >= 15 is 0 Å². The van der Waals surface area contributed by atoms with Crippen LogP contribution in [0.2, 0.25) is 0 Å². The number of carbonyl (C=O) groups excluding carboxylic acids is 1. The van der Waals surface area contributed by atoms with Gasteiger partial charge in [0.25, 0.3) is 0 Å². The number of hydrogen-bond acceptors (Lipinski definition) is 5. The number of aryl methyl sites for hydroxylation is 1. The van der Waals surface area contributed by atoms with Crippen LogP contribution in [0.3, 0.4) is 0 Å². The van der Waals surface area contributed by atoms with E-state index in [4.69, 9.17) is 4.74 Å². The van der Waals surface area contributed by atoms with Gasteiger partial charge in [0.05, 0.1) is 30.3 Å². The van der Waals surface area contributed by atoms with Crippen LogP contribution in [0.5, 0.6) is 0 Å². The number of piperidine rings is 1. The van der Waals surface area contributed by atoms with Crippen molar-refractivity contribution < 1.29 is 9.53 Å². The number of rotatable bonds is 4. The Kier molecular flexibility index (Phi) is 8.82. The van der Waals surface area contributed by atoms with Gasteiger partial charge in [0.1, 0.15) is 0 Å². The number of aromatic nitrogens is 1. The van der Waals surface area contributed by atoms with Crippen molar-refractivity contribution in [3.63, 3.8) is 0 Å². The number of nitrogens with zero attached hydrogens (tertiary/aromatic N) is 3. The molecule has 6 nitrogen and oxygen atoms in total. The zero-order valence-electron chi connectivity index (χ0n) is 13.9. The van der Waals surface area contributed by atoms with Gasteiger partial charge in [-0.1, -0.05) is 6.92 Å². The SMILES string of the molecule is CCc1nc(CNC(=NC)N2CCC(C(=O)OC)CC2)cs1.I. The highest BCUT2D eigenvalue weighted by atomic mass is 127. The molecule has 0 aliphatic carbocycles. The number of hydrogen-bond donors (Lipinski definition) is 1. The summed E-state index contributed by atoms with van der Waals surface area (Å²) < 4.78 is 4.82. The molecule has 1 aromatic rings. The number of carbonyl (C=O) groups is 1. The molecule has 1 aliphatic rings. The van der Waals surface area contributed by atoms with Crippen molar-refractivity contribution in [2.75, 3.05) is 27.2 Å². The summed E-state index contributed by atoms with van der Waals surface area (Å²) in [6, 6.07) is 0. The fourth-order valence-electron chi connectivity index (χ4n) is 2.59. The molecule has 0 spiro atoms. The summed E-state index contributed by atoms with van der Waals surface area (Å²) in [6.07, 6.45) is 2.59. The molecule has 0 bridgehead atoms. The maximum Gasteiger partial charge on any atom is 0.308 e. The van der Waals surface area contributed by atoms with E-state index in [0.717, 1.165) is 49.0 Å². The fourth-order valence-corrected chi connectivity index (χ4v) is 3.33. The molecule has 2 rings (SSSR count). The van der Waals surface area contributed by atoms with Gasteiger partial charge in [-0.25, -0.2) is 4.98 Å². The van der Waals surface area contributed by atoms with E-state index in [2.05, 4.69) is 32.5 Å². The van der Waals surface area contributed by atoms with Gasteiger partial charge in [-0.05, 0) is 19.3 Å². The number of esters is 1. The Labute approximate surface area is 158 Å². The molecular formula is C15H25IN4O2S. The van der Waals surface area contributed by atoms with E-state index in [1.165, 1.54) is 7.11 Å². The Bertz CT molecular complexity index is 527. The van der Waals surface area contributed by atoms with Crippen LogP contribution in [0.1, 0.15) is 30.5 Å². The lowest BCUT2D eigenvalue weighted by Crippen LogP contribution is -2.46. The molecule has 1 aliphatic heterocycles. The van der Waals surface area contributed by atoms with Gasteiger partial charge in [0, 0.05) is 25.5 Å². The minimum absolute atomic E-state index is 0. The lowest BCUT2D eigenvalue weighted by atomic mass is 9.97. The van der Waals surface area contributed by atoms with E-state index in [0.29, 0.717) is 6.54 Å². The number of nitrogens with one attached hydrogen (secondary N) is 1. The second-order valence-corrected chi connectivity index (χ2v) is 6.21. The largest absolute Gasteiger partial charge is 0.469 e. The molecule has 130 valence electrons. The minimum Gasteiger partial charge on any atom is -0.469 e. The number of aliphatic imine (C=N–C) groups is 1. The van der Waals surface area contributed by atoms with Crippen molar-refractivity contribution in [1.82, 2.24) is 15.2 Å². The van der Waals surface area contributed by atoms with Gasteiger partial charge in [0.2, 0.25) is 0 Å². The molecule has 23 heavy (non-hydrogen) atoms. The Hall–Kier alpha value is -0.900. The lowest BCUT2D eigenvalue weighted by molar-refractivity contribution is -0.146. The van der Waals surface area contributed by atoms with Crippen LogP contribution >= 0.6 is 35.3 Å². The molecule has 1 saturated heterocycles. The molecule has 1 fully saturated rings. The molecule has 0 radical (unpaired) electrons. The number of thiazole rings is 1. The summed E-state index contributed by atoms with van der Waals surface area (Å²) in [5, 5.41) is 6.60. The average Bonchev–Trinajstić information content (AvgIpc) is 3.03. The van der Waals surface area contributed by atoms with Crippen LogP contribution in [-0.2, 0) is 22.5 Å². The predicted octanol–water partition coefficient (Wildman–Crippen LogP) is 2.28. The normalized spacial score (nSPS) is 16.0. The summed E-state index contributed by atoms with van der Waals surface area (Å²) in [6.45, 7) is 4.42. The molecule has 1 N–H and O–H groups in total. The molecular weight excluding hydrogens is 427 g/mol. The third kappa shape index (κ3) is 5.59. The summed E-state index contributed by atoms with van der Waals surface area (Å²) in [5.74, 6) is 0.788. The average molecular weight is 452 g/mol. The van der Waals surface area contributed by atoms with Gasteiger partial charge in [-0.3, -0.25) is 9.79 Å². The van der Waals surface area contributed by atoms with Gasteiger partial charge in [0.15, 0.2) is 5.96 Å². The van der Waals surface area contributed by atoms with Crippen molar-refractivity contribution in [3.05, 3.63) is 16.1 Å². The second-order valence-electron chi connectivity index (χ2n) is 5.27. The van der Waals surface area contributed by atoms with Crippen LogP contribution in [-0.4, -0.2) is 49.1 Å². The zero-order chi connectivity index (χ0) is 15.9. The summed E-state index contributed by atoms with van der Waals surface area (Å²) >= 11 is 1.69. The van der Waals surface area contributed by atoms with Crippen LogP contribution in [0, 0.1) is 5.92 Å². The van der Waals surface area contributed by atoms with E-state index < -0.39 is 0 Å². The van der Waals surface area contributed by atoms with Crippen LogP contribution in [0.15, 0.2) is 10.4 Å². The van der Waals surface area contributed by atoms with Gasteiger partial charge < -0.3 is 15.0 Å². The first-order valence-corrected chi connectivity index (χ1v) is 8.52. The highest BCUT2D eigenvalue weighted by Gasteiger charge is 2.26. The van der Waals surface area contributed by atoms with Crippen LogP contribution in [0.25, 0.3) is 0 Å². The molecule has 0 amide bonds. The molecule has 8 heteroatoms. The maximum absolute atomic E-state index is 11.6. The summed E-state index contributed by atoms with van der Waals surface area (Å²) in [5.41, 5.74) is 1.05. The van der Waals surface area contributed by atoms with E-state index in [9.17, 15) is 4.79 Å². The third-order valence-electron chi connectivity index (χ3n) is 3.87. The highest BCUT2D eigenvalue weighted by molar-refractivity contribution is 14.0. The number of methoxy groups -OCH3 is 1. The zero-order valence-corrected chi connectivity index (χ0v) is 17.0. The van der Waals surface area contributed by atoms with Crippen molar-refractivity contribution in [2.24, 2.45) is 10.9 Å². The number of guanidine groups is 1. The second kappa shape index (κ2) is 10.1. The van der Waals surface area contributed by atoms with Crippen LogP contribution in [0.4, 0.5) is 0 Å². The topological polar surface area (TPSA) is 66.8 Å². The molecule has 0 unspecified atom stereocenters. The van der Waals surface area contributed by atoms with Crippen LogP contribution < -0.4 is 5.32 Å². The number of likely N-dealkylation sites (tertiary alicyclic amines) is 1. The van der Waals surface area contributed by atoms with E-state index in [1.54, 1.807) is 18.4 Å². The van der Waals surface area contributed by atoms with Crippen molar-refractivity contribution >= 4 is 47.2 Å². The number of ether oxygens (including phenoxy) is 1. The molecule has 2 heterocycles. The Morgan fingerprint density at radius 2 is 2.22 bits per heavy atom. The maximum atomic E-state index is 11.6. The Balaban J connectivity index is 0.00000264. The van der Waals surface area contributed by atoms with Crippen molar-refractivity contribution in [1.29, 1.82) is 0 Å². The first-order valence-electron chi connectivity index (χ1n) is 7.64. The van der Waals surface area contributed by atoms with Gasteiger partial charge >= 0.3 is 5.97 Å². The fraction of sp³-hybridized carbons (Fsp3) is 0.667. The number of halogens is 1. The first-order chi connectivity index (χ1) is 10.7. The Morgan fingerprint density at radius 3 is 2.74 bits per heavy atom. The summed E-state index contributed by atoms with van der Waals surface area (Å²) in [7, 11) is 3.24. The van der Waals surface area contributed by atoms with E-state index in [1.807, 2.05) is 0 Å². The monoisotopic (exact) mass is 452 g/mol. The first kappa shape index (κ1) is 20.1.